The number of hydrazine groups is 1. The third-order valence-corrected chi connectivity index (χ3v) is 1.99. The van der Waals surface area contributed by atoms with E-state index in [0.717, 1.165) is 5.56 Å². The van der Waals surface area contributed by atoms with Gasteiger partial charge in [0.05, 0.1) is 0 Å². The first kappa shape index (κ1) is 10.7. The molecular weight excluding hydrogens is 180 g/mol. The van der Waals surface area contributed by atoms with Gasteiger partial charge in [-0.1, -0.05) is 30.3 Å². The smallest absolute Gasteiger partial charge is 0.262 e. The Morgan fingerprint density at radius 3 is 2.64 bits per heavy atom. The number of benzene rings is 1. The first-order valence-corrected chi connectivity index (χ1v) is 4.46. The van der Waals surface area contributed by atoms with Gasteiger partial charge in [-0.3, -0.25) is 10.2 Å². The van der Waals surface area contributed by atoms with Crippen molar-refractivity contribution in [1.29, 1.82) is 0 Å². The van der Waals surface area contributed by atoms with Crippen LogP contribution in [0.4, 0.5) is 0 Å². The molecule has 0 unspecified atom stereocenters. The van der Waals surface area contributed by atoms with Gasteiger partial charge in [-0.2, -0.15) is 0 Å². The van der Waals surface area contributed by atoms with E-state index in [1.165, 1.54) is 0 Å². The maximum absolute atomic E-state index is 10.8. The molecule has 14 heavy (non-hydrogen) atoms. The second-order valence-corrected chi connectivity index (χ2v) is 3.05. The molecular formula is C10H14N2O2. The first-order valence-electron chi connectivity index (χ1n) is 4.46. The van der Waals surface area contributed by atoms with Crippen molar-refractivity contribution in [2.75, 3.05) is 0 Å². The average Bonchev–Trinajstić information content (AvgIpc) is 2.26. The van der Waals surface area contributed by atoms with Crippen LogP contribution in [0.15, 0.2) is 30.3 Å². The lowest BCUT2D eigenvalue weighted by Crippen LogP contribution is -2.39. The number of carbonyl (C=O) groups excluding carboxylic acids is 1. The molecule has 0 aliphatic heterocycles. The fourth-order valence-electron chi connectivity index (χ4n) is 1.18. The Labute approximate surface area is 82.7 Å². The summed E-state index contributed by atoms with van der Waals surface area (Å²) in [7, 11) is 0. The lowest BCUT2D eigenvalue weighted by Gasteiger charge is -2.07. The van der Waals surface area contributed by atoms with Crippen molar-refractivity contribution >= 4 is 5.91 Å². The summed E-state index contributed by atoms with van der Waals surface area (Å²) in [4.78, 5) is 10.8. The van der Waals surface area contributed by atoms with Gasteiger partial charge in [0.1, 0.15) is 6.10 Å². The molecule has 0 heterocycles. The van der Waals surface area contributed by atoms with E-state index in [-0.39, 0.29) is 0 Å². The van der Waals surface area contributed by atoms with Gasteiger partial charge in [0.2, 0.25) is 0 Å². The predicted molar refractivity (Wildman–Crippen MR) is 53.1 cm³/mol. The Morgan fingerprint density at radius 1 is 1.43 bits per heavy atom. The monoisotopic (exact) mass is 194 g/mol. The van der Waals surface area contributed by atoms with Gasteiger partial charge in [-0.05, 0) is 18.4 Å². The Kier molecular flexibility index (Phi) is 4.10. The molecule has 4 nitrogen and oxygen atoms in total. The second kappa shape index (κ2) is 5.36. The van der Waals surface area contributed by atoms with E-state index < -0.39 is 12.0 Å². The van der Waals surface area contributed by atoms with Gasteiger partial charge >= 0.3 is 0 Å². The lowest BCUT2D eigenvalue weighted by molar-refractivity contribution is -0.129. The van der Waals surface area contributed by atoms with E-state index in [0.29, 0.717) is 12.8 Å². The molecule has 76 valence electrons. The van der Waals surface area contributed by atoms with Gasteiger partial charge in [0.15, 0.2) is 0 Å². The molecule has 0 radical (unpaired) electrons. The minimum atomic E-state index is -1.03. The van der Waals surface area contributed by atoms with Crippen LogP contribution in [0.3, 0.4) is 0 Å². The van der Waals surface area contributed by atoms with Crippen LogP contribution >= 0.6 is 0 Å². The number of aryl methyl sites for hydroxylation is 1. The molecule has 0 aliphatic carbocycles. The molecule has 0 aliphatic rings. The molecule has 0 aromatic heterocycles. The maximum Gasteiger partial charge on any atom is 0.262 e. The SMILES string of the molecule is NNC(=O)[C@H](O)CCc1ccccc1. The zero-order valence-electron chi connectivity index (χ0n) is 7.81. The molecule has 0 saturated carbocycles. The fraction of sp³-hybridized carbons (Fsp3) is 0.300. The molecule has 0 spiro atoms. The number of aliphatic hydroxyl groups excluding tert-OH is 1. The average molecular weight is 194 g/mol. The Balaban J connectivity index is 2.38. The van der Waals surface area contributed by atoms with Gasteiger partial charge in [0.25, 0.3) is 5.91 Å². The zero-order valence-corrected chi connectivity index (χ0v) is 7.81. The van der Waals surface area contributed by atoms with E-state index in [4.69, 9.17) is 5.84 Å². The molecule has 4 N–H and O–H groups in total. The number of nitrogens with two attached hydrogens (primary N) is 1. The molecule has 0 bridgehead atoms. The van der Waals surface area contributed by atoms with Crippen molar-refractivity contribution in [1.82, 2.24) is 5.43 Å². The highest BCUT2D eigenvalue weighted by Crippen LogP contribution is 2.04. The van der Waals surface area contributed by atoms with Gasteiger partial charge < -0.3 is 5.11 Å². The lowest BCUT2D eigenvalue weighted by atomic mass is 10.1. The van der Waals surface area contributed by atoms with Crippen LogP contribution in [0.1, 0.15) is 12.0 Å². The number of carbonyl (C=O) groups is 1. The van der Waals surface area contributed by atoms with Gasteiger partial charge in [-0.25, -0.2) is 5.84 Å². The van der Waals surface area contributed by atoms with Crippen molar-refractivity contribution in [3.05, 3.63) is 35.9 Å². The highest BCUT2D eigenvalue weighted by atomic mass is 16.3. The van der Waals surface area contributed by atoms with Crippen molar-refractivity contribution in [2.45, 2.75) is 18.9 Å². The van der Waals surface area contributed by atoms with E-state index in [2.05, 4.69) is 0 Å². The molecule has 0 fully saturated rings. The molecule has 1 amide bonds. The Morgan fingerprint density at radius 2 is 2.07 bits per heavy atom. The Bertz CT molecular complexity index is 287. The summed E-state index contributed by atoms with van der Waals surface area (Å²) in [5, 5.41) is 9.29. The van der Waals surface area contributed by atoms with Crippen molar-refractivity contribution in [2.24, 2.45) is 5.84 Å². The zero-order chi connectivity index (χ0) is 10.4. The minimum absolute atomic E-state index is 0.382. The van der Waals surface area contributed by atoms with Crippen LogP contribution < -0.4 is 11.3 Å². The van der Waals surface area contributed by atoms with Crippen molar-refractivity contribution in [3.63, 3.8) is 0 Å². The largest absolute Gasteiger partial charge is 0.383 e. The van der Waals surface area contributed by atoms with Crippen LogP contribution in [0, 0.1) is 0 Å². The molecule has 1 aromatic carbocycles. The summed E-state index contributed by atoms with van der Waals surface area (Å²) in [5.41, 5.74) is 3.01. The molecule has 4 heteroatoms. The third kappa shape index (κ3) is 3.16. The summed E-state index contributed by atoms with van der Waals surface area (Å²) in [6.45, 7) is 0. The van der Waals surface area contributed by atoms with Crippen LogP contribution in [0.25, 0.3) is 0 Å². The summed E-state index contributed by atoms with van der Waals surface area (Å²) in [5.74, 6) is 4.34. The van der Waals surface area contributed by atoms with E-state index >= 15 is 0 Å². The quantitative estimate of drug-likeness (QED) is 0.358. The van der Waals surface area contributed by atoms with Gasteiger partial charge in [-0.15, -0.1) is 0 Å². The number of nitrogens with one attached hydrogen (secondary N) is 1. The number of aliphatic hydroxyl groups is 1. The predicted octanol–water partition coefficient (Wildman–Crippen LogP) is -0.0300. The summed E-state index contributed by atoms with van der Waals surface area (Å²) in [6, 6.07) is 9.67. The molecule has 1 aromatic rings. The molecule has 0 saturated heterocycles. The first-order chi connectivity index (χ1) is 6.74. The van der Waals surface area contributed by atoms with Crippen LogP contribution in [-0.4, -0.2) is 17.1 Å². The number of hydrogen-bond acceptors (Lipinski definition) is 3. The van der Waals surface area contributed by atoms with Crippen LogP contribution in [-0.2, 0) is 11.2 Å². The number of amides is 1. The van der Waals surface area contributed by atoms with Crippen molar-refractivity contribution in [3.8, 4) is 0 Å². The maximum atomic E-state index is 10.8. The van der Waals surface area contributed by atoms with Crippen LogP contribution in [0.5, 0.6) is 0 Å². The van der Waals surface area contributed by atoms with E-state index in [9.17, 15) is 9.90 Å². The normalized spacial score (nSPS) is 12.1. The minimum Gasteiger partial charge on any atom is -0.383 e. The topological polar surface area (TPSA) is 75.3 Å². The van der Waals surface area contributed by atoms with Gasteiger partial charge in [0, 0.05) is 0 Å². The van der Waals surface area contributed by atoms with Crippen LogP contribution in [0.2, 0.25) is 0 Å². The summed E-state index contributed by atoms with van der Waals surface area (Å²) < 4.78 is 0. The standard InChI is InChI=1S/C10H14N2O2/c11-12-10(14)9(13)7-6-8-4-2-1-3-5-8/h1-5,9,13H,6-7,11H2,(H,12,14)/t9-/m1/s1. The Hall–Kier alpha value is -1.39. The van der Waals surface area contributed by atoms with Crippen molar-refractivity contribution < 1.29 is 9.90 Å². The third-order valence-electron chi connectivity index (χ3n) is 1.99. The summed E-state index contributed by atoms with van der Waals surface area (Å²) in [6.07, 6.45) is 0.0165. The second-order valence-electron chi connectivity index (χ2n) is 3.05. The van der Waals surface area contributed by atoms with E-state index in [1.807, 2.05) is 35.8 Å². The van der Waals surface area contributed by atoms with E-state index in [1.54, 1.807) is 0 Å². The number of hydrogen-bond donors (Lipinski definition) is 3. The fourth-order valence-corrected chi connectivity index (χ4v) is 1.18. The molecule has 1 rings (SSSR count). The highest BCUT2D eigenvalue weighted by molar-refractivity contribution is 5.79. The molecule has 1 atom stereocenters. The highest BCUT2D eigenvalue weighted by Gasteiger charge is 2.12. The number of rotatable bonds is 4. The summed E-state index contributed by atoms with van der Waals surface area (Å²) >= 11 is 0.